The zero-order valence-electron chi connectivity index (χ0n) is 15.1. The molecular weight excluding hydrogens is 314 g/mol. The first-order valence-electron chi connectivity index (χ1n) is 8.93. The van der Waals surface area contributed by atoms with Crippen LogP contribution < -0.4 is 9.64 Å². The summed E-state index contributed by atoms with van der Waals surface area (Å²) >= 11 is 0. The van der Waals surface area contributed by atoms with Crippen LogP contribution in [-0.2, 0) is 13.2 Å². The van der Waals surface area contributed by atoms with E-state index in [0.717, 1.165) is 49.9 Å². The summed E-state index contributed by atoms with van der Waals surface area (Å²) in [7, 11) is 0. The molecule has 134 valence electrons. The van der Waals surface area contributed by atoms with E-state index in [9.17, 15) is 5.11 Å². The fourth-order valence-electron chi connectivity index (χ4n) is 3.07. The third-order valence-corrected chi connectivity index (χ3v) is 4.39. The van der Waals surface area contributed by atoms with E-state index in [-0.39, 0.29) is 12.7 Å². The van der Waals surface area contributed by atoms with Crippen molar-refractivity contribution in [3.05, 3.63) is 53.7 Å². The predicted octanol–water partition coefficient (Wildman–Crippen LogP) is 2.68. The second-order valence-electron chi connectivity index (χ2n) is 6.75. The van der Waals surface area contributed by atoms with Gasteiger partial charge in [0.1, 0.15) is 11.6 Å². The van der Waals surface area contributed by atoms with E-state index in [4.69, 9.17) is 4.74 Å². The lowest BCUT2D eigenvalue weighted by Gasteiger charge is -2.35. The van der Waals surface area contributed by atoms with Crippen molar-refractivity contribution < 1.29 is 9.84 Å². The van der Waals surface area contributed by atoms with Crippen LogP contribution in [0.4, 0.5) is 5.82 Å². The highest BCUT2D eigenvalue weighted by atomic mass is 16.5. The monoisotopic (exact) mass is 341 g/mol. The third-order valence-electron chi connectivity index (χ3n) is 4.39. The summed E-state index contributed by atoms with van der Waals surface area (Å²) in [6.07, 6.45) is 1.98. The number of anilines is 1. The Kier molecular flexibility index (Phi) is 5.89. The number of hydrogen-bond donors (Lipinski definition) is 1. The summed E-state index contributed by atoms with van der Waals surface area (Å²) in [4.78, 5) is 9.19. The van der Waals surface area contributed by atoms with Crippen molar-refractivity contribution in [2.24, 2.45) is 0 Å². The normalized spacial score (nSPS) is 15.6. The highest BCUT2D eigenvalue weighted by Crippen LogP contribution is 2.18. The van der Waals surface area contributed by atoms with Crippen molar-refractivity contribution in [3.63, 3.8) is 0 Å². The van der Waals surface area contributed by atoms with Crippen molar-refractivity contribution >= 4 is 5.82 Å². The molecule has 0 spiro atoms. The number of aromatic nitrogens is 1. The average Bonchev–Trinajstić information content (AvgIpc) is 2.63. The van der Waals surface area contributed by atoms with Gasteiger partial charge in [0.2, 0.25) is 0 Å². The molecule has 1 aromatic heterocycles. The van der Waals surface area contributed by atoms with Crippen LogP contribution in [-0.4, -0.2) is 47.3 Å². The number of pyridine rings is 1. The molecule has 1 fully saturated rings. The zero-order valence-corrected chi connectivity index (χ0v) is 15.1. The van der Waals surface area contributed by atoms with Crippen LogP contribution >= 0.6 is 0 Å². The van der Waals surface area contributed by atoms with E-state index in [1.54, 1.807) is 6.20 Å². The standard InChI is InChI=1S/C20H27N3O2/c1-16(2)25-19-5-3-17(4-6-19)14-22-9-11-23(12-10-22)20-13-18(15-24)7-8-21-20/h3-8,13,16,24H,9-12,14-15H2,1-2H3. The summed E-state index contributed by atoms with van der Waals surface area (Å²) in [5.74, 6) is 1.89. The van der Waals surface area contributed by atoms with E-state index < -0.39 is 0 Å². The number of aliphatic hydroxyl groups excluding tert-OH is 1. The summed E-state index contributed by atoms with van der Waals surface area (Å²) in [6.45, 7) is 9.03. The first-order valence-corrected chi connectivity index (χ1v) is 8.93. The summed E-state index contributed by atoms with van der Waals surface area (Å²) in [6, 6.07) is 12.2. The van der Waals surface area contributed by atoms with Crippen LogP contribution in [0.25, 0.3) is 0 Å². The van der Waals surface area contributed by atoms with Gasteiger partial charge in [-0.15, -0.1) is 0 Å². The lowest BCUT2D eigenvalue weighted by atomic mass is 10.2. The number of piperazine rings is 1. The largest absolute Gasteiger partial charge is 0.491 e. The smallest absolute Gasteiger partial charge is 0.128 e. The molecule has 2 heterocycles. The van der Waals surface area contributed by atoms with Crippen molar-refractivity contribution in [1.82, 2.24) is 9.88 Å². The van der Waals surface area contributed by atoms with Gasteiger partial charge < -0.3 is 14.7 Å². The van der Waals surface area contributed by atoms with Gasteiger partial charge in [-0.2, -0.15) is 0 Å². The van der Waals surface area contributed by atoms with Gasteiger partial charge in [-0.25, -0.2) is 4.98 Å². The molecule has 5 heteroatoms. The van der Waals surface area contributed by atoms with Crippen LogP contribution in [0.3, 0.4) is 0 Å². The number of aliphatic hydroxyl groups is 1. The number of hydrogen-bond acceptors (Lipinski definition) is 5. The lowest BCUT2D eigenvalue weighted by molar-refractivity contribution is 0.240. The van der Waals surface area contributed by atoms with Crippen molar-refractivity contribution in [3.8, 4) is 5.75 Å². The Balaban J connectivity index is 1.52. The molecular formula is C20H27N3O2. The highest BCUT2D eigenvalue weighted by Gasteiger charge is 2.18. The minimum absolute atomic E-state index is 0.0615. The molecule has 1 aliphatic rings. The van der Waals surface area contributed by atoms with Gasteiger partial charge in [0.25, 0.3) is 0 Å². The molecule has 3 rings (SSSR count). The molecule has 0 saturated carbocycles. The molecule has 25 heavy (non-hydrogen) atoms. The topological polar surface area (TPSA) is 48.8 Å². The minimum atomic E-state index is 0.0615. The van der Waals surface area contributed by atoms with Gasteiger partial charge in [0.15, 0.2) is 0 Å². The molecule has 0 bridgehead atoms. The maximum Gasteiger partial charge on any atom is 0.128 e. The third kappa shape index (κ3) is 4.94. The number of nitrogens with zero attached hydrogens (tertiary/aromatic N) is 3. The Bertz CT molecular complexity index is 665. The van der Waals surface area contributed by atoms with Gasteiger partial charge >= 0.3 is 0 Å². The van der Waals surface area contributed by atoms with Crippen LogP contribution in [0.15, 0.2) is 42.6 Å². The molecule has 0 aliphatic carbocycles. The molecule has 1 saturated heterocycles. The maximum absolute atomic E-state index is 9.27. The van der Waals surface area contributed by atoms with Crippen LogP contribution in [0, 0.1) is 0 Å². The van der Waals surface area contributed by atoms with Gasteiger partial charge in [0, 0.05) is 38.9 Å². The number of benzene rings is 1. The second kappa shape index (κ2) is 8.32. The minimum Gasteiger partial charge on any atom is -0.491 e. The summed E-state index contributed by atoms with van der Waals surface area (Å²) in [5.41, 5.74) is 2.22. The van der Waals surface area contributed by atoms with E-state index in [1.807, 2.05) is 26.0 Å². The van der Waals surface area contributed by atoms with Gasteiger partial charge in [0.05, 0.1) is 12.7 Å². The quantitative estimate of drug-likeness (QED) is 0.875. The first kappa shape index (κ1) is 17.7. The fourth-order valence-corrected chi connectivity index (χ4v) is 3.07. The van der Waals surface area contributed by atoms with Gasteiger partial charge in [-0.05, 0) is 49.2 Å². The Hall–Kier alpha value is -2.11. The summed E-state index contributed by atoms with van der Waals surface area (Å²) < 4.78 is 5.70. The van der Waals surface area contributed by atoms with Crippen LogP contribution in [0.1, 0.15) is 25.0 Å². The van der Waals surface area contributed by atoms with Crippen LogP contribution in [0.2, 0.25) is 0 Å². The van der Waals surface area contributed by atoms with E-state index >= 15 is 0 Å². The van der Waals surface area contributed by atoms with E-state index in [0.29, 0.717) is 0 Å². The Morgan fingerprint density at radius 3 is 2.40 bits per heavy atom. The lowest BCUT2D eigenvalue weighted by Crippen LogP contribution is -2.46. The molecule has 5 nitrogen and oxygen atoms in total. The SMILES string of the molecule is CC(C)Oc1ccc(CN2CCN(c3cc(CO)ccn3)CC2)cc1. The molecule has 1 aromatic carbocycles. The zero-order chi connectivity index (χ0) is 17.6. The second-order valence-corrected chi connectivity index (χ2v) is 6.75. The number of rotatable bonds is 6. The number of ether oxygens (including phenoxy) is 1. The molecule has 1 N–H and O–H groups in total. The molecule has 0 amide bonds. The summed E-state index contributed by atoms with van der Waals surface area (Å²) in [5, 5.41) is 9.27. The molecule has 0 radical (unpaired) electrons. The highest BCUT2D eigenvalue weighted by molar-refractivity contribution is 5.41. The van der Waals surface area contributed by atoms with Gasteiger partial charge in [-0.1, -0.05) is 12.1 Å². The fraction of sp³-hybridized carbons (Fsp3) is 0.450. The average molecular weight is 341 g/mol. The molecule has 2 aromatic rings. The molecule has 1 aliphatic heterocycles. The van der Waals surface area contributed by atoms with Crippen molar-refractivity contribution in [2.45, 2.75) is 33.1 Å². The maximum atomic E-state index is 9.27. The molecule has 0 unspecified atom stereocenters. The van der Waals surface area contributed by atoms with Crippen molar-refractivity contribution in [2.75, 3.05) is 31.1 Å². The predicted molar refractivity (Wildman–Crippen MR) is 99.9 cm³/mol. The Morgan fingerprint density at radius 2 is 1.76 bits per heavy atom. The van der Waals surface area contributed by atoms with Crippen molar-refractivity contribution in [1.29, 1.82) is 0 Å². The van der Waals surface area contributed by atoms with E-state index in [2.05, 4.69) is 39.0 Å². The van der Waals surface area contributed by atoms with Crippen LogP contribution in [0.5, 0.6) is 5.75 Å². The first-order chi connectivity index (χ1) is 12.1. The molecule has 0 atom stereocenters. The van der Waals surface area contributed by atoms with E-state index in [1.165, 1.54) is 5.56 Å². The van der Waals surface area contributed by atoms with Gasteiger partial charge in [-0.3, -0.25) is 4.90 Å². The Morgan fingerprint density at radius 1 is 1.04 bits per heavy atom. The Labute approximate surface area is 149 Å².